The average Bonchev–Trinajstić information content (AvgIpc) is 2.65. The van der Waals surface area contributed by atoms with Crippen molar-refractivity contribution in [3.8, 4) is 17.0 Å². The Labute approximate surface area is 146 Å². The van der Waals surface area contributed by atoms with Crippen LogP contribution in [0.2, 0.25) is 0 Å². The van der Waals surface area contributed by atoms with Crippen LogP contribution in [0.1, 0.15) is 29.3 Å². The molecule has 1 heterocycles. The van der Waals surface area contributed by atoms with Crippen molar-refractivity contribution in [2.24, 2.45) is 0 Å². The second kappa shape index (κ2) is 7.71. The van der Waals surface area contributed by atoms with Gasteiger partial charge < -0.3 is 4.74 Å². The summed E-state index contributed by atoms with van der Waals surface area (Å²) in [5.74, 6) is -1.24. The Morgan fingerprint density at radius 2 is 1.80 bits per heavy atom. The topological polar surface area (TPSA) is 39.2 Å². The predicted molar refractivity (Wildman–Crippen MR) is 95.0 cm³/mol. The molecule has 0 atom stereocenters. The number of esters is 1. The predicted octanol–water partition coefficient (Wildman–Crippen LogP) is 5.06. The lowest BCUT2D eigenvalue weighted by atomic mass is 10.1. The molecule has 0 radical (unpaired) electrons. The zero-order chi connectivity index (χ0) is 17.6. The van der Waals surface area contributed by atoms with Crippen LogP contribution in [0.15, 0.2) is 66.9 Å². The van der Waals surface area contributed by atoms with Crippen LogP contribution in [0.5, 0.6) is 5.75 Å². The minimum Gasteiger partial charge on any atom is -0.420 e. The molecule has 0 N–H and O–H groups in total. The van der Waals surface area contributed by atoms with Gasteiger partial charge in [0.2, 0.25) is 0 Å². The first-order chi connectivity index (χ1) is 12.2. The van der Waals surface area contributed by atoms with Crippen molar-refractivity contribution in [3.05, 3.63) is 83.8 Å². The Morgan fingerprint density at radius 3 is 2.44 bits per heavy atom. The minimum absolute atomic E-state index is 0.0789. The summed E-state index contributed by atoms with van der Waals surface area (Å²) >= 11 is 0. The monoisotopic (exact) mass is 335 g/mol. The lowest BCUT2D eigenvalue weighted by molar-refractivity contribution is 0.0728. The van der Waals surface area contributed by atoms with Gasteiger partial charge in [-0.05, 0) is 42.3 Å². The van der Waals surface area contributed by atoms with E-state index in [4.69, 9.17) is 4.74 Å². The maximum atomic E-state index is 13.6. The van der Waals surface area contributed by atoms with Crippen LogP contribution in [-0.4, -0.2) is 11.0 Å². The first-order valence-corrected chi connectivity index (χ1v) is 8.19. The number of carbonyl (C=O) groups excluding carboxylic acids is 1. The number of hydrogen-bond acceptors (Lipinski definition) is 3. The molecule has 1 aromatic heterocycles. The number of ether oxygens (including phenoxy) is 1. The van der Waals surface area contributed by atoms with Crippen LogP contribution in [0, 0.1) is 5.82 Å². The van der Waals surface area contributed by atoms with Gasteiger partial charge in [0, 0.05) is 11.8 Å². The standard InChI is InChI=1S/C21H18FNO2/c1-2-5-15-8-13-19(23-14-15)16-9-11-17(12-10-16)21(24)25-20-7-4-3-6-18(20)22/h3-4,6-14H,2,5H2,1H3. The number of pyridine rings is 1. The molecule has 0 aliphatic heterocycles. The molecular weight excluding hydrogens is 317 g/mol. The van der Waals surface area contributed by atoms with Gasteiger partial charge >= 0.3 is 5.97 Å². The maximum Gasteiger partial charge on any atom is 0.343 e. The fourth-order valence-corrected chi connectivity index (χ4v) is 2.50. The van der Waals surface area contributed by atoms with Crippen LogP contribution in [-0.2, 0) is 6.42 Å². The van der Waals surface area contributed by atoms with E-state index in [-0.39, 0.29) is 5.75 Å². The van der Waals surface area contributed by atoms with E-state index in [9.17, 15) is 9.18 Å². The Balaban J connectivity index is 1.73. The molecule has 3 rings (SSSR count). The summed E-state index contributed by atoms with van der Waals surface area (Å²) in [5.41, 5.74) is 3.31. The van der Waals surface area contributed by atoms with Gasteiger partial charge in [-0.25, -0.2) is 9.18 Å². The Bertz CT molecular complexity index is 858. The quantitative estimate of drug-likeness (QED) is 0.483. The van der Waals surface area contributed by atoms with Crippen molar-refractivity contribution in [1.82, 2.24) is 4.98 Å². The summed E-state index contributed by atoms with van der Waals surface area (Å²) < 4.78 is 18.6. The molecule has 0 aliphatic rings. The normalized spacial score (nSPS) is 10.5. The molecule has 0 bridgehead atoms. The van der Waals surface area contributed by atoms with Crippen molar-refractivity contribution in [2.45, 2.75) is 19.8 Å². The smallest absolute Gasteiger partial charge is 0.343 e. The lowest BCUT2D eigenvalue weighted by Crippen LogP contribution is -2.09. The van der Waals surface area contributed by atoms with Gasteiger partial charge in [0.15, 0.2) is 11.6 Å². The summed E-state index contributed by atoms with van der Waals surface area (Å²) in [7, 11) is 0. The fraction of sp³-hybridized carbons (Fsp3) is 0.143. The van der Waals surface area contributed by atoms with Gasteiger partial charge in [0.05, 0.1) is 11.3 Å². The second-order valence-electron chi connectivity index (χ2n) is 5.70. The van der Waals surface area contributed by atoms with Crippen molar-refractivity contribution in [3.63, 3.8) is 0 Å². The average molecular weight is 335 g/mol. The highest BCUT2D eigenvalue weighted by atomic mass is 19.1. The van der Waals surface area contributed by atoms with Crippen molar-refractivity contribution < 1.29 is 13.9 Å². The first-order valence-electron chi connectivity index (χ1n) is 8.19. The van der Waals surface area contributed by atoms with E-state index in [2.05, 4.69) is 18.0 Å². The zero-order valence-electron chi connectivity index (χ0n) is 13.9. The first kappa shape index (κ1) is 16.8. The number of carbonyl (C=O) groups is 1. The number of nitrogens with zero attached hydrogens (tertiary/aromatic N) is 1. The van der Waals surface area contributed by atoms with Gasteiger partial charge in [0.1, 0.15) is 0 Å². The SMILES string of the molecule is CCCc1ccc(-c2ccc(C(=O)Oc3ccccc3F)cc2)nc1. The van der Waals surface area contributed by atoms with Crippen molar-refractivity contribution >= 4 is 5.97 Å². The highest BCUT2D eigenvalue weighted by Gasteiger charge is 2.11. The van der Waals surface area contributed by atoms with Crippen LogP contribution in [0.3, 0.4) is 0 Å². The van der Waals surface area contributed by atoms with Crippen LogP contribution in [0.25, 0.3) is 11.3 Å². The molecule has 0 saturated carbocycles. The molecule has 0 saturated heterocycles. The number of aryl methyl sites for hydroxylation is 1. The lowest BCUT2D eigenvalue weighted by Gasteiger charge is -2.06. The van der Waals surface area contributed by atoms with E-state index in [1.54, 1.807) is 36.4 Å². The van der Waals surface area contributed by atoms with Crippen LogP contribution >= 0.6 is 0 Å². The van der Waals surface area contributed by atoms with Gasteiger partial charge in [0.25, 0.3) is 0 Å². The number of rotatable bonds is 5. The molecule has 0 amide bonds. The van der Waals surface area contributed by atoms with E-state index < -0.39 is 11.8 Å². The van der Waals surface area contributed by atoms with Crippen LogP contribution in [0.4, 0.5) is 4.39 Å². The summed E-state index contributed by atoms with van der Waals surface area (Å²) in [4.78, 5) is 16.6. The zero-order valence-corrected chi connectivity index (χ0v) is 13.9. The summed E-state index contributed by atoms with van der Waals surface area (Å²) in [5, 5.41) is 0. The molecular formula is C21H18FNO2. The Hall–Kier alpha value is -3.01. The summed E-state index contributed by atoms with van der Waals surface area (Å²) in [6, 6.07) is 16.8. The van der Waals surface area contributed by atoms with E-state index in [1.165, 1.54) is 17.7 Å². The number of aromatic nitrogens is 1. The molecule has 3 nitrogen and oxygen atoms in total. The molecule has 0 spiro atoms. The van der Waals surface area contributed by atoms with Gasteiger partial charge in [-0.1, -0.05) is 43.7 Å². The highest BCUT2D eigenvalue weighted by Crippen LogP contribution is 2.20. The third-order valence-corrected chi connectivity index (χ3v) is 3.82. The highest BCUT2D eigenvalue weighted by molar-refractivity contribution is 5.91. The van der Waals surface area contributed by atoms with E-state index in [0.29, 0.717) is 5.56 Å². The molecule has 126 valence electrons. The second-order valence-corrected chi connectivity index (χ2v) is 5.70. The largest absolute Gasteiger partial charge is 0.420 e. The number of benzene rings is 2. The molecule has 2 aromatic carbocycles. The fourth-order valence-electron chi connectivity index (χ4n) is 2.50. The van der Waals surface area contributed by atoms with Gasteiger partial charge in [-0.2, -0.15) is 0 Å². The molecule has 0 fully saturated rings. The maximum absolute atomic E-state index is 13.6. The summed E-state index contributed by atoms with van der Waals surface area (Å²) in [6.07, 6.45) is 3.97. The molecule has 25 heavy (non-hydrogen) atoms. The Morgan fingerprint density at radius 1 is 1.04 bits per heavy atom. The van der Waals surface area contributed by atoms with Crippen molar-refractivity contribution in [1.29, 1.82) is 0 Å². The summed E-state index contributed by atoms with van der Waals surface area (Å²) in [6.45, 7) is 2.13. The molecule has 4 heteroatoms. The van der Waals surface area contributed by atoms with E-state index in [0.717, 1.165) is 24.1 Å². The van der Waals surface area contributed by atoms with Crippen molar-refractivity contribution in [2.75, 3.05) is 0 Å². The Kier molecular flexibility index (Phi) is 5.19. The number of hydrogen-bond donors (Lipinski definition) is 0. The van der Waals surface area contributed by atoms with Crippen LogP contribution < -0.4 is 4.74 Å². The minimum atomic E-state index is -0.595. The molecule has 0 aliphatic carbocycles. The number of halogens is 1. The number of para-hydroxylation sites is 1. The third kappa shape index (κ3) is 4.10. The van der Waals surface area contributed by atoms with E-state index in [1.807, 2.05) is 12.3 Å². The third-order valence-electron chi connectivity index (χ3n) is 3.82. The molecule has 3 aromatic rings. The van der Waals surface area contributed by atoms with E-state index >= 15 is 0 Å². The molecule has 0 unspecified atom stereocenters. The van der Waals surface area contributed by atoms with Gasteiger partial charge in [-0.15, -0.1) is 0 Å². The van der Waals surface area contributed by atoms with Gasteiger partial charge in [-0.3, -0.25) is 4.98 Å².